The number of esters is 2. The van der Waals surface area contributed by atoms with Crippen LogP contribution in [0.4, 0.5) is 17.6 Å². The van der Waals surface area contributed by atoms with Crippen molar-refractivity contribution in [1.82, 2.24) is 4.90 Å². The van der Waals surface area contributed by atoms with Crippen LogP contribution in [0.3, 0.4) is 0 Å². The molecule has 0 radical (unpaired) electrons. The molecule has 0 aromatic heterocycles. The van der Waals surface area contributed by atoms with Crippen molar-refractivity contribution in [3.8, 4) is 0 Å². The predicted molar refractivity (Wildman–Crippen MR) is 88.1 cm³/mol. The average Bonchev–Trinajstić information content (AvgIpc) is 2.89. The summed E-state index contributed by atoms with van der Waals surface area (Å²) in [6.07, 6.45) is -2.05. The first-order valence-corrected chi connectivity index (χ1v) is 8.48. The zero-order chi connectivity index (χ0) is 22.4. The number of rotatable bonds is 6. The maximum atomic E-state index is 13.9. The molecule has 0 spiro atoms. The number of carbonyl (C=O) groups is 4. The van der Waals surface area contributed by atoms with Crippen LogP contribution in [0.2, 0.25) is 0 Å². The van der Waals surface area contributed by atoms with E-state index in [1.807, 2.05) is 0 Å². The fourth-order valence-corrected chi connectivity index (χ4v) is 3.17. The van der Waals surface area contributed by atoms with Gasteiger partial charge in [0.1, 0.15) is 0 Å². The highest BCUT2D eigenvalue weighted by molar-refractivity contribution is 6.13. The molecule has 7 nitrogen and oxygen atoms in total. The molecule has 0 aromatic rings. The van der Waals surface area contributed by atoms with Gasteiger partial charge in [0.2, 0.25) is 5.83 Å². The SMILES string of the molecule is CC1(C)[C@H](C(=O)OC(C)(C)N2C(=O)C=CC2=O)[C@@H]1/C=C(/F)C(=O)OCC(F)(F)F. The third-order valence-corrected chi connectivity index (χ3v) is 4.75. The van der Waals surface area contributed by atoms with Crippen molar-refractivity contribution in [2.75, 3.05) is 6.61 Å². The van der Waals surface area contributed by atoms with E-state index >= 15 is 0 Å². The molecule has 1 saturated carbocycles. The van der Waals surface area contributed by atoms with Crippen LogP contribution in [0.1, 0.15) is 27.7 Å². The fourth-order valence-electron chi connectivity index (χ4n) is 3.17. The van der Waals surface area contributed by atoms with Crippen molar-refractivity contribution in [1.29, 1.82) is 0 Å². The molecule has 11 heteroatoms. The maximum absolute atomic E-state index is 13.9. The monoisotopic (exact) mass is 421 g/mol. The molecular formula is C18H19F4NO6. The van der Waals surface area contributed by atoms with Gasteiger partial charge in [0.25, 0.3) is 11.8 Å². The number of alkyl halides is 3. The van der Waals surface area contributed by atoms with Gasteiger partial charge in [0.05, 0.1) is 5.92 Å². The third-order valence-electron chi connectivity index (χ3n) is 4.75. The van der Waals surface area contributed by atoms with E-state index in [-0.39, 0.29) is 0 Å². The molecule has 0 saturated heterocycles. The normalized spacial score (nSPS) is 24.0. The van der Waals surface area contributed by atoms with Gasteiger partial charge >= 0.3 is 18.1 Å². The van der Waals surface area contributed by atoms with Gasteiger partial charge in [0, 0.05) is 12.2 Å². The third kappa shape index (κ3) is 4.83. The quantitative estimate of drug-likeness (QED) is 0.283. The highest BCUT2D eigenvalue weighted by Gasteiger charge is 2.63. The van der Waals surface area contributed by atoms with Crippen LogP contribution in [-0.2, 0) is 28.7 Å². The summed E-state index contributed by atoms with van der Waals surface area (Å²) in [6, 6.07) is 0. The number of amides is 2. The zero-order valence-electron chi connectivity index (χ0n) is 16.0. The predicted octanol–water partition coefficient (Wildman–Crippen LogP) is 2.42. The largest absolute Gasteiger partial charge is 0.451 e. The summed E-state index contributed by atoms with van der Waals surface area (Å²) in [7, 11) is 0. The molecule has 0 unspecified atom stereocenters. The van der Waals surface area contributed by atoms with E-state index in [1.165, 1.54) is 13.8 Å². The standard InChI is InChI=1S/C18H19F4NO6/c1-16(2)9(7-10(19)14(26)28-8-18(20,21)22)13(16)15(27)29-17(3,4)23-11(24)5-6-12(23)25/h5-7,9,13H,8H2,1-4H3/b10-7+/t9-,13-/m0/s1. The summed E-state index contributed by atoms with van der Waals surface area (Å²) in [5.41, 5.74) is -2.49. The minimum atomic E-state index is -4.80. The number of imide groups is 1. The summed E-state index contributed by atoms with van der Waals surface area (Å²) < 4.78 is 59.1. The molecular weight excluding hydrogens is 402 g/mol. The topological polar surface area (TPSA) is 90.0 Å². The lowest BCUT2D eigenvalue weighted by molar-refractivity contribution is -0.184. The van der Waals surface area contributed by atoms with E-state index in [2.05, 4.69) is 4.74 Å². The second-order valence-corrected chi connectivity index (χ2v) is 7.74. The van der Waals surface area contributed by atoms with Crippen LogP contribution >= 0.6 is 0 Å². The number of allylic oxidation sites excluding steroid dienone is 1. The second-order valence-electron chi connectivity index (χ2n) is 7.74. The number of carbonyl (C=O) groups excluding carboxylic acids is 4. The Bertz CT molecular complexity index is 794. The van der Waals surface area contributed by atoms with Crippen LogP contribution in [-0.4, -0.2) is 47.2 Å². The van der Waals surface area contributed by atoms with Crippen molar-refractivity contribution in [3.63, 3.8) is 0 Å². The Kier molecular flexibility index (Phi) is 5.66. The summed E-state index contributed by atoms with van der Waals surface area (Å²) in [5, 5.41) is 0. The van der Waals surface area contributed by atoms with Gasteiger partial charge in [-0.05, 0) is 31.3 Å². The molecule has 2 aliphatic rings. The molecule has 0 N–H and O–H groups in total. The van der Waals surface area contributed by atoms with E-state index in [9.17, 15) is 36.7 Å². The number of hydrogen-bond donors (Lipinski definition) is 0. The molecule has 1 fully saturated rings. The van der Waals surface area contributed by atoms with Gasteiger partial charge in [-0.3, -0.25) is 14.4 Å². The second kappa shape index (κ2) is 7.27. The first-order chi connectivity index (χ1) is 13.1. The molecule has 1 aliphatic heterocycles. The lowest BCUT2D eigenvalue weighted by Crippen LogP contribution is -2.50. The molecule has 2 rings (SSSR count). The van der Waals surface area contributed by atoms with Crippen molar-refractivity contribution in [2.24, 2.45) is 17.3 Å². The number of hydrogen-bond acceptors (Lipinski definition) is 6. The van der Waals surface area contributed by atoms with Gasteiger partial charge in [-0.25, -0.2) is 9.69 Å². The minimum absolute atomic E-state index is 0.669. The molecule has 2 atom stereocenters. The Morgan fingerprint density at radius 1 is 1.17 bits per heavy atom. The van der Waals surface area contributed by atoms with Crippen molar-refractivity contribution in [3.05, 3.63) is 24.1 Å². The van der Waals surface area contributed by atoms with E-state index in [1.54, 1.807) is 13.8 Å². The molecule has 29 heavy (non-hydrogen) atoms. The van der Waals surface area contributed by atoms with Crippen molar-refractivity contribution in [2.45, 2.75) is 39.6 Å². The van der Waals surface area contributed by atoms with Gasteiger partial charge in [-0.1, -0.05) is 13.8 Å². The van der Waals surface area contributed by atoms with Crippen LogP contribution in [0, 0.1) is 17.3 Å². The van der Waals surface area contributed by atoms with E-state index in [4.69, 9.17) is 4.74 Å². The number of ether oxygens (including phenoxy) is 2. The number of nitrogens with zero attached hydrogens (tertiary/aromatic N) is 1. The molecule has 0 aromatic carbocycles. The van der Waals surface area contributed by atoms with Crippen LogP contribution in [0.15, 0.2) is 24.1 Å². The average molecular weight is 421 g/mol. The first kappa shape index (κ1) is 22.6. The highest BCUT2D eigenvalue weighted by Crippen LogP contribution is 2.60. The Morgan fingerprint density at radius 3 is 2.17 bits per heavy atom. The van der Waals surface area contributed by atoms with E-state index in [0.717, 1.165) is 17.1 Å². The number of halogens is 4. The van der Waals surface area contributed by atoms with Gasteiger partial charge in [-0.15, -0.1) is 0 Å². The first-order valence-electron chi connectivity index (χ1n) is 8.48. The van der Waals surface area contributed by atoms with Crippen LogP contribution in [0.25, 0.3) is 0 Å². The van der Waals surface area contributed by atoms with Gasteiger partial charge < -0.3 is 9.47 Å². The Balaban J connectivity index is 2.05. The molecule has 160 valence electrons. The molecule has 1 heterocycles. The van der Waals surface area contributed by atoms with Gasteiger partial charge in [0.15, 0.2) is 12.3 Å². The zero-order valence-corrected chi connectivity index (χ0v) is 16.0. The van der Waals surface area contributed by atoms with Crippen molar-refractivity contribution < 1.29 is 46.2 Å². The highest BCUT2D eigenvalue weighted by atomic mass is 19.4. The Labute approximate surface area is 163 Å². The molecule has 1 aliphatic carbocycles. The maximum Gasteiger partial charge on any atom is 0.422 e. The smallest absolute Gasteiger partial charge is 0.422 e. The lowest BCUT2D eigenvalue weighted by atomic mass is 10.1. The Hall–Kier alpha value is -2.72. The molecule has 2 amide bonds. The van der Waals surface area contributed by atoms with E-state index < -0.39 is 65.3 Å². The van der Waals surface area contributed by atoms with E-state index in [0.29, 0.717) is 6.08 Å². The van der Waals surface area contributed by atoms with Crippen LogP contribution < -0.4 is 0 Å². The van der Waals surface area contributed by atoms with Gasteiger partial charge in [-0.2, -0.15) is 17.6 Å². The summed E-state index contributed by atoms with van der Waals surface area (Å²) in [5.74, 6) is -7.34. The summed E-state index contributed by atoms with van der Waals surface area (Å²) in [4.78, 5) is 48.2. The van der Waals surface area contributed by atoms with Crippen LogP contribution in [0.5, 0.6) is 0 Å². The lowest BCUT2D eigenvalue weighted by Gasteiger charge is -2.33. The van der Waals surface area contributed by atoms with Crippen molar-refractivity contribution >= 4 is 23.8 Å². The summed E-state index contributed by atoms with van der Waals surface area (Å²) in [6.45, 7) is 3.84. The fraction of sp³-hybridized carbons (Fsp3) is 0.556. The Morgan fingerprint density at radius 2 is 1.69 bits per heavy atom. The summed E-state index contributed by atoms with van der Waals surface area (Å²) >= 11 is 0. The minimum Gasteiger partial charge on any atom is -0.451 e. The molecule has 0 bridgehead atoms.